The molecule has 0 fully saturated rings. The van der Waals surface area contributed by atoms with Crippen molar-refractivity contribution in [1.29, 1.82) is 0 Å². The van der Waals surface area contributed by atoms with Crippen LogP contribution < -0.4 is 0 Å². The predicted molar refractivity (Wildman–Crippen MR) is 72.2 cm³/mol. The monoisotopic (exact) mass is 246 g/mol. The van der Waals surface area contributed by atoms with Crippen molar-refractivity contribution in [3.05, 3.63) is 65.0 Å². The van der Waals surface area contributed by atoms with E-state index in [0.717, 1.165) is 23.3 Å². The number of hydrogen-bond acceptors (Lipinski definition) is 1. The molecule has 88 valence electrons. The lowest BCUT2D eigenvalue weighted by atomic mass is 10.0. The molecule has 2 rings (SSSR count). The summed E-state index contributed by atoms with van der Waals surface area (Å²) in [6, 6.07) is 13.5. The first-order chi connectivity index (χ1) is 8.15. The Kier molecular flexibility index (Phi) is 3.85. The molecule has 0 N–H and O–H groups in total. The highest BCUT2D eigenvalue weighted by atomic mass is 32.1. The van der Waals surface area contributed by atoms with Crippen LogP contribution in [0.1, 0.15) is 16.7 Å². The molecule has 0 saturated carbocycles. The van der Waals surface area contributed by atoms with Gasteiger partial charge in [0.15, 0.2) is 0 Å². The Balaban J connectivity index is 2.02. The molecule has 0 atom stereocenters. The molecular formula is C15H15FS. The highest BCUT2D eigenvalue weighted by Crippen LogP contribution is 2.13. The molecule has 0 aliphatic rings. The standard InChI is InChI=1S/C15H15FS/c1-11-2-3-13(10-15(11)16)5-4-12-6-8-14(17)9-7-12/h2-3,6-10,17H,4-5H2,1H3. The van der Waals surface area contributed by atoms with Crippen molar-refractivity contribution in [2.75, 3.05) is 0 Å². The van der Waals surface area contributed by atoms with Gasteiger partial charge in [0.2, 0.25) is 0 Å². The zero-order valence-electron chi connectivity index (χ0n) is 9.78. The van der Waals surface area contributed by atoms with E-state index in [4.69, 9.17) is 0 Å². The van der Waals surface area contributed by atoms with E-state index in [1.165, 1.54) is 5.56 Å². The van der Waals surface area contributed by atoms with Gasteiger partial charge in [0.1, 0.15) is 5.82 Å². The second kappa shape index (κ2) is 5.37. The topological polar surface area (TPSA) is 0 Å². The SMILES string of the molecule is Cc1ccc(CCc2ccc(S)cc2)cc1F. The van der Waals surface area contributed by atoms with Crippen molar-refractivity contribution in [3.8, 4) is 0 Å². The normalized spacial score (nSPS) is 10.5. The van der Waals surface area contributed by atoms with E-state index in [1.54, 1.807) is 13.0 Å². The maximum Gasteiger partial charge on any atom is 0.126 e. The van der Waals surface area contributed by atoms with Gasteiger partial charge in [0, 0.05) is 4.90 Å². The number of thiol groups is 1. The second-order valence-electron chi connectivity index (χ2n) is 4.25. The molecule has 0 heterocycles. The van der Waals surface area contributed by atoms with Crippen molar-refractivity contribution in [2.24, 2.45) is 0 Å². The fraction of sp³-hybridized carbons (Fsp3) is 0.200. The molecule has 0 aliphatic heterocycles. The Morgan fingerprint density at radius 2 is 1.53 bits per heavy atom. The summed E-state index contributed by atoms with van der Waals surface area (Å²) in [7, 11) is 0. The second-order valence-corrected chi connectivity index (χ2v) is 4.77. The van der Waals surface area contributed by atoms with Crippen LogP contribution in [0.3, 0.4) is 0 Å². The zero-order chi connectivity index (χ0) is 12.3. The van der Waals surface area contributed by atoms with Gasteiger partial charge >= 0.3 is 0 Å². The van der Waals surface area contributed by atoms with Crippen LogP contribution in [0.25, 0.3) is 0 Å². The number of aryl methyl sites for hydroxylation is 3. The fourth-order valence-electron chi connectivity index (χ4n) is 1.74. The summed E-state index contributed by atoms with van der Waals surface area (Å²) in [5, 5.41) is 0. The molecule has 2 aromatic rings. The smallest absolute Gasteiger partial charge is 0.126 e. The molecule has 0 aliphatic carbocycles. The molecule has 0 aromatic heterocycles. The van der Waals surface area contributed by atoms with Gasteiger partial charge in [-0.15, -0.1) is 12.6 Å². The van der Waals surface area contributed by atoms with Crippen molar-refractivity contribution < 1.29 is 4.39 Å². The van der Waals surface area contributed by atoms with Crippen molar-refractivity contribution >= 4 is 12.6 Å². The third-order valence-corrected chi connectivity index (χ3v) is 3.17. The lowest BCUT2D eigenvalue weighted by Crippen LogP contribution is -1.93. The van der Waals surface area contributed by atoms with E-state index < -0.39 is 0 Å². The number of halogens is 1. The maximum atomic E-state index is 13.3. The zero-order valence-corrected chi connectivity index (χ0v) is 10.7. The Hall–Kier alpha value is -1.28. The lowest BCUT2D eigenvalue weighted by Gasteiger charge is -2.04. The summed E-state index contributed by atoms with van der Waals surface area (Å²) in [5.41, 5.74) is 3.00. The third kappa shape index (κ3) is 3.34. The molecule has 2 heteroatoms. The van der Waals surface area contributed by atoms with E-state index in [1.807, 2.05) is 24.3 Å². The first kappa shape index (κ1) is 12.2. The van der Waals surface area contributed by atoms with Gasteiger partial charge in [-0.3, -0.25) is 0 Å². The minimum absolute atomic E-state index is 0.117. The Morgan fingerprint density at radius 1 is 0.941 bits per heavy atom. The Bertz CT molecular complexity index is 503. The number of rotatable bonds is 3. The quantitative estimate of drug-likeness (QED) is 0.771. The third-order valence-electron chi connectivity index (χ3n) is 2.87. The van der Waals surface area contributed by atoms with Gasteiger partial charge in [-0.2, -0.15) is 0 Å². The van der Waals surface area contributed by atoms with Gasteiger partial charge in [0.05, 0.1) is 0 Å². The fourth-order valence-corrected chi connectivity index (χ4v) is 1.89. The highest BCUT2D eigenvalue weighted by Gasteiger charge is 2.00. The van der Waals surface area contributed by atoms with Crippen molar-refractivity contribution in [3.63, 3.8) is 0 Å². The summed E-state index contributed by atoms with van der Waals surface area (Å²) in [6.07, 6.45) is 1.79. The van der Waals surface area contributed by atoms with E-state index in [0.29, 0.717) is 5.56 Å². The van der Waals surface area contributed by atoms with Crippen molar-refractivity contribution in [2.45, 2.75) is 24.7 Å². The summed E-state index contributed by atoms with van der Waals surface area (Å²) in [6.45, 7) is 1.78. The van der Waals surface area contributed by atoms with Crippen LogP contribution in [-0.2, 0) is 12.8 Å². The molecule has 17 heavy (non-hydrogen) atoms. The van der Waals surface area contributed by atoms with Gasteiger partial charge in [-0.05, 0) is 54.7 Å². The summed E-state index contributed by atoms with van der Waals surface area (Å²) >= 11 is 4.24. The van der Waals surface area contributed by atoms with Crippen LogP contribution in [0.4, 0.5) is 4.39 Å². The van der Waals surface area contributed by atoms with Crippen LogP contribution >= 0.6 is 12.6 Å². The van der Waals surface area contributed by atoms with Crippen molar-refractivity contribution in [1.82, 2.24) is 0 Å². The van der Waals surface area contributed by atoms with Crippen LogP contribution in [-0.4, -0.2) is 0 Å². The predicted octanol–water partition coefficient (Wildman–Crippen LogP) is 4.21. The molecule has 0 unspecified atom stereocenters. The Labute approximate surface area is 107 Å². The largest absolute Gasteiger partial charge is 0.207 e. The average molecular weight is 246 g/mol. The van der Waals surface area contributed by atoms with Gasteiger partial charge in [-0.1, -0.05) is 24.3 Å². The molecule has 2 aromatic carbocycles. The minimum atomic E-state index is -0.117. The van der Waals surface area contributed by atoms with Gasteiger partial charge < -0.3 is 0 Å². The first-order valence-corrected chi connectivity index (χ1v) is 6.13. The van der Waals surface area contributed by atoms with Crippen LogP contribution in [0.5, 0.6) is 0 Å². The maximum absolute atomic E-state index is 13.3. The average Bonchev–Trinajstić information content (AvgIpc) is 2.33. The van der Waals surface area contributed by atoms with Crippen LogP contribution in [0, 0.1) is 12.7 Å². The van der Waals surface area contributed by atoms with Crippen LogP contribution in [0.15, 0.2) is 47.4 Å². The molecule has 0 radical (unpaired) electrons. The molecule has 0 spiro atoms. The molecular weight excluding hydrogens is 231 g/mol. The summed E-state index contributed by atoms with van der Waals surface area (Å²) in [4.78, 5) is 0.968. The number of hydrogen-bond donors (Lipinski definition) is 1. The van der Waals surface area contributed by atoms with Gasteiger partial charge in [0.25, 0.3) is 0 Å². The molecule has 0 nitrogen and oxygen atoms in total. The molecule has 0 amide bonds. The minimum Gasteiger partial charge on any atom is -0.207 e. The number of benzene rings is 2. The molecule has 0 saturated heterocycles. The van der Waals surface area contributed by atoms with E-state index in [2.05, 4.69) is 24.8 Å². The molecule has 0 bridgehead atoms. The highest BCUT2D eigenvalue weighted by molar-refractivity contribution is 7.80. The van der Waals surface area contributed by atoms with E-state index in [-0.39, 0.29) is 5.82 Å². The first-order valence-electron chi connectivity index (χ1n) is 5.68. The Morgan fingerprint density at radius 3 is 2.18 bits per heavy atom. The van der Waals surface area contributed by atoms with Gasteiger partial charge in [-0.25, -0.2) is 4.39 Å². The van der Waals surface area contributed by atoms with E-state index in [9.17, 15) is 4.39 Å². The lowest BCUT2D eigenvalue weighted by molar-refractivity contribution is 0.616. The summed E-state index contributed by atoms with van der Waals surface area (Å²) in [5.74, 6) is -0.117. The summed E-state index contributed by atoms with van der Waals surface area (Å²) < 4.78 is 13.3. The van der Waals surface area contributed by atoms with E-state index >= 15 is 0 Å². The van der Waals surface area contributed by atoms with Crippen LogP contribution in [0.2, 0.25) is 0 Å².